The average Bonchev–Trinajstić information content (AvgIpc) is 2.27. The third kappa shape index (κ3) is 2.72. The van der Waals surface area contributed by atoms with Crippen LogP contribution in [-0.4, -0.2) is 26.2 Å². The first-order chi connectivity index (χ1) is 8.44. The fraction of sp³-hybridized carbons (Fsp3) is 0.600. The van der Waals surface area contributed by atoms with Crippen LogP contribution in [0.25, 0.3) is 0 Å². The van der Waals surface area contributed by atoms with Crippen LogP contribution in [0.5, 0.6) is 0 Å². The lowest BCUT2D eigenvalue weighted by Gasteiger charge is -2.45. The zero-order chi connectivity index (χ0) is 13.3. The Balaban J connectivity index is 2.21. The Morgan fingerprint density at radius 2 is 2.11 bits per heavy atom. The summed E-state index contributed by atoms with van der Waals surface area (Å²) < 4.78 is 1.16. The zero-order valence-electron chi connectivity index (χ0n) is 11.8. The van der Waals surface area contributed by atoms with E-state index in [9.17, 15) is 0 Å². The maximum Gasteiger partial charge on any atom is 0.0396 e. The number of halogens is 1. The van der Waals surface area contributed by atoms with Crippen molar-refractivity contribution in [2.75, 3.05) is 25.0 Å². The molecule has 1 saturated heterocycles. The van der Waals surface area contributed by atoms with Gasteiger partial charge in [-0.05, 0) is 49.6 Å². The van der Waals surface area contributed by atoms with Crippen molar-refractivity contribution >= 4 is 21.6 Å². The summed E-state index contributed by atoms with van der Waals surface area (Å²) in [6, 6.07) is 7.19. The predicted molar refractivity (Wildman–Crippen MR) is 82.3 cm³/mol. The average molecular weight is 311 g/mol. The van der Waals surface area contributed by atoms with E-state index in [4.69, 9.17) is 0 Å². The van der Waals surface area contributed by atoms with E-state index < -0.39 is 0 Å². The Bertz CT molecular complexity index is 429. The molecule has 1 aromatic carbocycles. The van der Waals surface area contributed by atoms with Crippen molar-refractivity contribution in [3.63, 3.8) is 0 Å². The predicted octanol–water partition coefficient (Wildman–Crippen LogP) is 3.58. The van der Waals surface area contributed by atoms with Gasteiger partial charge in [0.2, 0.25) is 0 Å². The van der Waals surface area contributed by atoms with Crippen LogP contribution < -0.4 is 10.2 Å². The Morgan fingerprint density at radius 3 is 2.67 bits per heavy atom. The van der Waals surface area contributed by atoms with Crippen LogP contribution in [0.2, 0.25) is 0 Å². The van der Waals surface area contributed by atoms with Crippen molar-refractivity contribution in [3.05, 3.63) is 28.2 Å². The number of rotatable bonds is 2. The number of nitrogens with one attached hydrogen (secondary N) is 1. The van der Waals surface area contributed by atoms with Crippen molar-refractivity contribution < 1.29 is 0 Å². The quantitative estimate of drug-likeness (QED) is 0.898. The molecule has 3 heteroatoms. The van der Waals surface area contributed by atoms with Crippen LogP contribution in [0.1, 0.15) is 25.8 Å². The van der Waals surface area contributed by atoms with Gasteiger partial charge in [0.05, 0.1) is 0 Å². The lowest BCUT2D eigenvalue weighted by molar-refractivity contribution is 0.215. The minimum Gasteiger partial charge on any atom is -0.371 e. The molecule has 1 heterocycles. The monoisotopic (exact) mass is 310 g/mol. The molecule has 18 heavy (non-hydrogen) atoms. The molecule has 0 spiro atoms. The van der Waals surface area contributed by atoms with Crippen LogP contribution in [0.4, 0.5) is 5.69 Å². The maximum absolute atomic E-state index is 3.53. The molecule has 1 fully saturated rings. The molecule has 0 aliphatic carbocycles. The van der Waals surface area contributed by atoms with E-state index in [0.717, 1.165) is 17.6 Å². The molecular formula is C15H23BrN2. The molecule has 0 radical (unpaired) electrons. The number of nitrogens with zero attached hydrogens (tertiary/aromatic N) is 1. The maximum atomic E-state index is 3.53. The molecule has 1 aromatic rings. The Morgan fingerprint density at radius 1 is 1.39 bits per heavy atom. The van der Waals surface area contributed by atoms with Crippen molar-refractivity contribution in [1.29, 1.82) is 0 Å². The Labute approximate surface area is 119 Å². The van der Waals surface area contributed by atoms with Crippen molar-refractivity contribution in [2.45, 2.75) is 33.2 Å². The zero-order valence-corrected chi connectivity index (χ0v) is 13.3. The van der Waals surface area contributed by atoms with Crippen molar-refractivity contribution in [1.82, 2.24) is 5.32 Å². The van der Waals surface area contributed by atoms with Gasteiger partial charge in [0.1, 0.15) is 0 Å². The second kappa shape index (κ2) is 5.22. The summed E-state index contributed by atoms with van der Waals surface area (Å²) in [5, 5.41) is 3.46. The van der Waals surface area contributed by atoms with Crippen LogP contribution in [-0.2, 0) is 0 Å². The first-order valence-electron chi connectivity index (χ1n) is 6.62. The normalized spacial score (nSPS) is 23.2. The van der Waals surface area contributed by atoms with Crippen LogP contribution in [0, 0.1) is 12.3 Å². The highest BCUT2D eigenvalue weighted by Crippen LogP contribution is 2.34. The molecule has 1 aliphatic rings. The van der Waals surface area contributed by atoms with E-state index in [0.29, 0.717) is 11.5 Å². The summed E-state index contributed by atoms with van der Waals surface area (Å²) in [6.45, 7) is 9.15. The minimum atomic E-state index is 0.312. The lowest BCUT2D eigenvalue weighted by atomic mass is 9.79. The van der Waals surface area contributed by atoms with Crippen LogP contribution >= 0.6 is 15.9 Å². The van der Waals surface area contributed by atoms with Gasteiger partial charge in [-0.25, -0.2) is 0 Å². The second-order valence-electron chi connectivity index (χ2n) is 5.97. The first kappa shape index (κ1) is 13.9. The fourth-order valence-corrected chi connectivity index (χ4v) is 3.55. The summed E-state index contributed by atoms with van der Waals surface area (Å²) in [6.07, 6.45) is 1.21. The highest BCUT2D eigenvalue weighted by molar-refractivity contribution is 9.10. The summed E-state index contributed by atoms with van der Waals surface area (Å²) in [5.74, 6) is 0. The standard InChI is InChI=1S/C15H23BrN2/c1-11-9-12(16)5-6-13(11)18-8-7-14(17-4)15(2,3)10-18/h5-6,9,14,17H,7-8,10H2,1-4H3. The van der Waals surface area contributed by atoms with Gasteiger partial charge < -0.3 is 10.2 Å². The van der Waals surface area contributed by atoms with Crippen molar-refractivity contribution in [2.24, 2.45) is 5.41 Å². The van der Waals surface area contributed by atoms with Gasteiger partial charge in [0.25, 0.3) is 0 Å². The van der Waals surface area contributed by atoms with Gasteiger partial charge in [-0.15, -0.1) is 0 Å². The van der Waals surface area contributed by atoms with Gasteiger partial charge in [-0.1, -0.05) is 29.8 Å². The third-order valence-electron chi connectivity index (χ3n) is 4.08. The second-order valence-corrected chi connectivity index (χ2v) is 6.89. The van der Waals surface area contributed by atoms with Gasteiger partial charge in [-0.2, -0.15) is 0 Å². The summed E-state index contributed by atoms with van der Waals surface area (Å²) in [5.41, 5.74) is 3.04. The Kier molecular flexibility index (Phi) is 4.02. The van der Waals surface area contributed by atoms with E-state index >= 15 is 0 Å². The molecule has 1 N–H and O–H groups in total. The summed E-state index contributed by atoms with van der Waals surface area (Å²) in [7, 11) is 2.08. The van der Waals surface area contributed by atoms with E-state index in [1.54, 1.807) is 0 Å². The van der Waals surface area contributed by atoms with Crippen LogP contribution in [0.15, 0.2) is 22.7 Å². The smallest absolute Gasteiger partial charge is 0.0396 e. The molecule has 0 bridgehead atoms. The minimum absolute atomic E-state index is 0.312. The van der Waals surface area contributed by atoms with Crippen LogP contribution in [0.3, 0.4) is 0 Å². The number of aryl methyl sites for hydroxylation is 1. The molecule has 0 saturated carbocycles. The molecular weight excluding hydrogens is 288 g/mol. The number of hydrogen-bond donors (Lipinski definition) is 1. The van der Waals surface area contributed by atoms with Gasteiger partial charge in [0, 0.05) is 29.3 Å². The molecule has 1 aliphatic heterocycles. The van der Waals surface area contributed by atoms with E-state index in [-0.39, 0.29) is 0 Å². The number of anilines is 1. The SMILES string of the molecule is CNC1CCN(c2ccc(Br)cc2C)CC1(C)C. The van der Waals surface area contributed by atoms with Gasteiger partial charge in [0.15, 0.2) is 0 Å². The number of piperidine rings is 1. The molecule has 2 rings (SSSR count). The largest absolute Gasteiger partial charge is 0.371 e. The lowest BCUT2D eigenvalue weighted by Crippen LogP contribution is -2.53. The number of benzene rings is 1. The molecule has 1 unspecified atom stereocenters. The van der Waals surface area contributed by atoms with E-state index in [1.807, 2.05) is 0 Å². The van der Waals surface area contributed by atoms with Gasteiger partial charge >= 0.3 is 0 Å². The molecule has 1 atom stereocenters. The third-order valence-corrected chi connectivity index (χ3v) is 4.57. The first-order valence-corrected chi connectivity index (χ1v) is 7.42. The van der Waals surface area contributed by atoms with E-state index in [1.165, 1.54) is 17.7 Å². The highest BCUT2D eigenvalue weighted by atomic mass is 79.9. The summed E-state index contributed by atoms with van der Waals surface area (Å²) >= 11 is 3.53. The number of hydrogen-bond acceptors (Lipinski definition) is 2. The molecule has 2 nitrogen and oxygen atoms in total. The topological polar surface area (TPSA) is 15.3 Å². The van der Waals surface area contributed by atoms with Gasteiger partial charge in [-0.3, -0.25) is 0 Å². The molecule has 100 valence electrons. The fourth-order valence-electron chi connectivity index (χ4n) is 3.07. The molecule has 0 amide bonds. The highest BCUT2D eigenvalue weighted by Gasteiger charge is 2.35. The summed E-state index contributed by atoms with van der Waals surface area (Å²) in [4.78, 5) is 2.52. The van der Waals surface area contributed by atoms with E-state index in [2.05, 4.69) is 72.2 Å². The van der Waals surface area contributed by atoms with Crippen molar-refractivity contribution in [3.8, 4) is 0 Å². The molecule has 0 aromatic heterocycles. The Hall–Kier alpha value is -0.540.